The average molecular weight is 362 g/mol. The van der Waals surface area contributed by atoms with Gasteiger partial charge in [0.1, 0.15) is 0 Å². The van der Waals surface area contributed by atoms with Crippen LogP contribution >= 0.6 is 27.5 Å². The summed E-state index contributed by atoms with van der Waals surface area (Å²) in [5.74, 6) is 0.124. The molecule has 1 rings (SSSR count). The van der Waals surface area contributed by atoms with Gasteiger partial charge in [-0.15, -0.1) is 0 Å². The van der Waals surface area contributed by atoms with Crippen molar-refractivity contribution in [3.8, 4) is 0 Å². The Hall–Kier alpha value is -0.580. The standard InChI is InChI=1S/C15H22BrClN2O/c1-15(2,9-18)10-19(3)14(20)7-4-11-8-12(17)5-6-13(11)16/h5-6,8H,4,7,9-10,18H2,1-3H3. The Bertz CT molecular complexity index is 477. The molecular weight excluding hydrogens is 340 g/mol. The van der Waals surface area contributed by atoms with Crippen LogP contribution < -0.4 is 5.73 Å². The number of nitrogens with zero attached hydrogens (tertiary/aromatic N) is 1. The second-order valence-corrected chi connectivity index (χ2v) is 7.14. The summed E-state index contributed by atoms with van der Waals surface area (Å²) in [5, 5.41) is 0.688. The molecule has 1 aromatic rings. The minimum absolute atomic E-state index is 0.0545. The van der Waals surface area contributed by atoms with Gasteiger partial charge in [-0.1, -0.05) is 41.4 Å². The van der Waals surface area contributed by atoms with E-state index >= 15 is 0 Å². The zero-order chi connectivity index (χ0) is 15.3. The van der Waals surface area contributed by atoms with E-state index in [0.29, 0.717) is 31.0 Å². The van der Waals surface area contributed by atoms with Crippen molar-refractivity contribution in [3.63, 3.8) is 0 Å². The number of halogens is 2. The second kappa shape index (κ2) is 7.43. The molecule has 3 nitrogen and oxygen atoms in total. The monoisotopic (exact) mass is 360 g/mol. The first-order valence-electron chi connectivity index (χ1n) is 6.63. The van der Waals surface area contributed by atoms with Gasteiger partial charge in [0.15, 0.2) is 0 Å². The van der Waals surface area contributed by atoms with Crippen molar-refractivity contribution in [2.24, 2.45) is 11.1 Å². The van der Waals surface area contributed by atoms with Crippen molar-refractivity contribution in [2.75, 3.05) is 20.1 Å². The van der Waals surface area contributed by atoms with E-state index in [2.05, 4.69) is 29.8 Å². The molecule has 0 unspecified atom stereocenters. The highest BCUT2D eigenvalue weighted by Crippen LogP contribution is 2.23. The van der Waals surface area contributed by atoms with Crippen LogP contribution in [0.15, 0.2) is 22.7 Å². The third-order valence-electron chi connectivity index (χ3n) is 3.26. The lowest BCUT2D eigenvalue weighted by molar-refractivity contribution is -0.131. The van der Waals surface area contributed by atoms with Crippen LogP contribution in [0.25, 0.3) is 0 Å². The number of hydrogen-bond acceptors (Lipinski definition) is 2. The normalized spacial score (nSPS) is 11.5. The van der Waals surface area contributed by atoms with Crippen molar-refractivity contribution in [1.29, 1.82) is 0 Å². The van der Waals surface area contributed by atoms with Crippen LogP contribution in [0.1, 0.15) is 25.8 Å². The Labute approximate surface area is 134 Å². The Morgan fingerprint density at radius 2 is 2.10 bits per heavy atom. The lowest BCUT2D eigenvalue weighted by Gasteiger charge is -2.29. The molecule has 20 heavy (non-hydrogen) atoms. The molecule has 0 aliphatic heterocycles. The third-order valence-corrected chi connectivity index (χ3v) is 4.27. The molecule has 0 fully saturated rings. The molecule has 2 N–H and O–H groups in total. The van der Waals surface area contributed by atoms with E-state index < -0.39 is 0 Å². The van der Waals surface area contributed by atoms with Crippen LogP contribution in [0.3, 0.4) is 0 Å². The molecule has 0 atom stereocenters. The summed E-state index contributed by atoms with van der Waals surface area (Å²) in [6, 6.07) is 5.62. The average Bonchev–Trinajstić information content (AvgIpc) is 2.39. The van der Waals surface area contributed by atoms with Gasteiger partial charge < -0.3 is 10.6 Å². The van der Waals surface area contributed by atoms with Crippen molar-refractivity contribution < 1.29 is 4.79 Å². The summed E-state index contributed by atoms with van der Waals surface area (Å²) in [5.41, 5.74) is 6.70. The highest BCUT2D eigenvalue weighted by Gasteiger charge is 2.21. The fraction of sp³-hybridized carbons (Fsp3) is 0.533. The molecule has 0 saturated heterocycles. The second-order valence-electron chi connectivity index (χ2n) is 5.85. The van der Waals surface area contributed by atoms with E-state index in [1.54, 1.807) is 4.90 Å². The predicted molar refractivity (Wildman–Crippen MR) is 87.9 cm³/mol. The Balaban J connectivity index is 2.57. The maximum Gasteiger partial charge on any atom is 0.222 e. The maximum atomic E-state index is 12.1. The van der Waals surface area contributed by atoms with E-state index in [-0.39, 0.29) is 11.3 Å². The fourth-order valence-corrected chi connectivity index (χ4v) is 2.60. The van der Waals surface area contributed by atoms with Gasteiger partial charge in [0.05, 0.1) is 0 Å². The van der Waals surface area contributed by atoms with Gasteiger partial charge in [0.25, 0.3) is 0 Å². The summed E-state index contributed by atoms with van der Waals surface area (Å²) < 4.78 is 0.986. The number of hydrogen-bond donors (Lipinski definition) is 1. The predicted octanol–water partition coefficient (Wildman–Crippen LogP) is 3.48. The van der Waals surface area contributed by atoms with E-state index in [4.69, 9.17) is 17.3 Å². The summed E-state index contributed by atoms with van der Waals surface area (Å²) >= 11 is 9.45. The van der Waals surface area contributed by atoms with Gasteiger partial charge in [-0.05, 0) is 42.1 Å². The molecule has 0 aliphatic carbocycles. The zero-order valence-corrected chi connectivity index (χ0v) is 14.6. The van der Waals surface area contributed by atoms with Gasteiger partial charge in [0, 0.05) is 29.5 Å². The molecule has 0 aliphatic rings. The van der Waals surface area contributed by atoms with Crippen molar-refractivity contribution in [1.82, 2.24) is 4.90 Å². The fourth-order valence-electron chi connectivity index (χ4n) is 1.96. The molecule has 112 valence electrons. The van der Waals surface area contributed by atoms with E-state index in [1.165, 1.54) is 0 Å². The quantitative estimate of drug-likeness (QED) is 0.843. The molecule has 0 bridgehead atoms. The van der Waals surface area contributed by atoms with Crippen LogP contribution in [0.2, 0.25) is 5.02 Å². The number of rotatable bonds is 6. The molecule has 0 spiro atoms. The SMILES string of the molecule is CN(CC(C)(C)CN)C(=O)CCc1cc(Cl)ccc1Br. The summed E-state index contributed by atoms with van der Waals surface area (Å²) in [7, 11) is 1.83. The van der Waals surface area contributed by atoms with E-state index in [1.807, 2.05) is 25.2 Å². The number of aryl methyl sites for hydroxylation is 1. The lowest BCUT2D eigenvalue weighted by Crippen LogP contribution is -2.39. The van der Waals surface area contributed by atoms with Crippen LogP contribution in [-0.2, 0) is 11.2 Å². The largest absolute Gasteiger partial charge is 0.345 e. The Kier molecular flexibility index (Phi) is 6.49. The minimum Gasteiger partial charge on any atom is -0.345 e. The number of benzene rings is 1. The first-order chi connectivity index (χ1) is 9.25. The highest BCUT2D eigenvalue weighted by atomic mass is 79.9. The topological polar surface area (TPSA) is 46.3 Å². The van der Waals surface area contributed by atoms with E-state index in [0.717, 1.165) is 10.0 Å². The Morgan fingerprint density at radius 3 is 2.70 bits per heavy atom. The van der Waals surface area contributed by atoms with Gasteiger partial charge in [0.2, 0.25) is 5.91 Å². The minimum atomic E-state index is -0.0545. The highest BCUT2D eigenvalue weighted by molar-refractivity contribution is 9.10. The number of carbonyl (C=O) groups is 1. The van der Waals surface area contributed by atoms with Gasteiger partial charge in [-0.2, -0.15) is 0 Å². The summed E-state index contributed by atoms with van der Waals surface area (Å²) in [4.78, 5) is 13.9. The van der Waals surface area contributed by atoms with Crippen molar-refractivity contribution in [3.05, 3.63) is 33.3 Å². The first kappa shape index (κ1) is 17.5. The van der Waals surface area contributed by atoms with E-state index in [9.17, 15) is 4.79 Å². The molecule has 0 heterocycles. The number of amides is 1. The molecule has 1 aromatic carbocycles. The zero-order valence-electron chi connectivity index (χ0n) is 12.2. The molecule has 1 amide bonds. The van der Waals surface area contributed by atoms with Crippen molar-refractivity contribution >= 4 is 33.4 Å². The van der Waals surface area contributed by atoms with Crippen LogP contribution in [0.5, 0.6) is 0 Å². The van der Waals surface area contributed by atoms with Crippen molar-refractivity contribution in [2.45, 2.75) is 26.7 Å². The van der Waals surface area contributed by atoms with Gasteiger partial charge >= 0.3 is 0 Å². The number of nitrogens with two attached hydrogens (primary N) is 1. The number of carbonyl (C=O) groups excluding carboxylic acids is 1. The smallest absolute Gasteiger partial charge is 0.222 e. The lowest BCUT2D eigenvalue weighted by atomic mass is 9.93. The van der Waals surface area contributed by atoms with Crippen LogP contribution in [-0.4, -0.2) is 30.9 Å². The van der Waals surface area contributed by atoms with Crippen LogP contribution in [0, 0.1) is 5.41 Å². The van der Waals surface area contributed by atoms with Gasteiger partial charge in [-0.25, -0.2) is 0 Å². The summed E-state index contributed by atoms with van der Waals surface area (Å²) in [6.45, 7) is 5.35. The Morgan fingerprint density at radius 1 is 1.45 bits per heavy atom. The maximum absolute atomic E-state index is 12.1. The van der Waals surface area contributed by atoms with Crippen LogP contribution in [0.4, 0.5) is 0 Å². The third kappa shape index (κ3) is 5.43. The summed E-state index contributed by atoms with van der Waals surface area (Å²) in [6.07, 6.45) is 1.14. The molecule has 0 radical (unpaired) electrons. The molecule has 0 saturated carbocycles. The van der Waals surface area contributed by atoms with Gasteiger partial charge in [-0.3, -0.25) is 4.79 Å². The molecule has 5 heteroatoms. The molecule has 0 aromatic heterocycles. The first-order valence-corrected chi connectivity index (χ1v) is 7.80. The molecular formula is C15H22BrClN2O.